The van der Waals surface area contributed by atoms with Crippen LogP contribution in [0.25, 0.3) is 0 Å². The molecule has 0 aromatic heterocycles. The molecule has 0 radical (unpaired) electrons. The van der Waals surface area contributed by atoms with Crippen molar-refractivity contribution in [1.29, 1.82) is 0 Å². The molecule has 0 atom stereocenters. The van der Waals surface area contributed by atoms with Crippen LogP contribution in [0.5, 0.6) is 5.75 Å². The summed E-state index contributed by atoms with van der Waals surface area (Å²) < 4.78 is 55.6. The number of aliphatic hydroxyl groups is 1. The van der Waals surface area contributed by atoms with E-state index in [-0.39, 0.29) is 11.3 Å². The summed E-state index contributed by atoms with van der Waals surface area (Å²) in [5.41, 5.74) is -3.08. The maximum atomic E-state index is 13.6. The number of ether oxygens (including phenoxy) is 1. The van der Waals surface area contributed by atoms with Gasteiger partial charge in [0.15, 0.2) is 0 Å². The molecule has 0 aliphatic carbocycles. The highest BCUT2D eigenvalue weighted by atomic mass is 19.4. The molecule has 1 aromatic rings. The number of methoxy groups -OCH3 is 1. The first kappa shape index (κ1) is 13.8. The Labute approximate surface area is 95.8 Å². The third-order valence-electron chi connectivity index (χ3n) is 2.21. The number of alkyl halides is 3. The summed E-state index contributed by atoms with van der Waals surface area (Å²) in [6.07, 6.45) is -4.66. The summed E-state index contributed by atoms with van der Waals surface area (Å²) in [6, 6.07) is 1.01. The molecule has 1 N–H and O–H groups in total. The van der Waals surface area contributed by atoms with Crippen LogP contribution in [0, 0.1) is 5.82 Å². The van der Waals surface area contributed by atoms with Gasteiger partial charge in [0.05, 0.1) is 23.8 Å². The third-order valence-corrected chi connectivity index (χ3v) is 2.21. The molecular formula is C11H12F4O2. The van der Waals surface area contributed by atoms with E-state index in [1.54, 1.807) is 0 Å². The molecule has 0 aliphatic heterocycles. The van der Waals surface area contributed by atoms with Crippen molar-refractivity contribution in [2.75, 3.05) is 7.11 Å². The molecule has 0 fully saturated rings. The molecular weight excluding hydrogens is 240 g/mol. The SMILES string of the molecule is COc1cc(C(F)(F)F)cc(F)c1C(C)(C)O. The van der Waals surface area contributed by atoms with Crippen LogP contribution in [-0.2, 0) is 11.8 Å². The van der Waals surface area contributed by atoms with E-state index in [1.165, 1.54) is 13.8 Å². The topological polar surface area (TPSA) is 29.5 Å². The van der Waals surface area contributed by atoms with Crippen LogP contribution in [-0.4, -0.2) is 12.2 Å². The molecule has 0 bridgehead atoms. The number of benzene rings is 1. The van der Waals surface area contributed by atoms with Gasteiger partial charge in [-0.2, -0.15) is 13.2 Å². The van der Waals surface area contributed by atoms with E-state index < -0.39 is 23.2 Å². The molecule has 17 heavy (non-hydrogen) atoms. The number of rotatable bonds is 2. The summed E-state index contributed by atoms with van der Waals surface area (Å²) in [4.78, 5) is 0. The molecule has 0 amide bonds. The summed E-state index contributed by atoms with van der Waals surface area (Å²) in [6.45, 7) is 2.53. The van der Waals surface area contributed by atoms with Gasteiger partial charge in [0, 0.05) is 0 Å². The molecule has 2 nitrogen and oxygen atoms in total. The van der Waals surface area contributed by atoms with E-state index >= 15 is 0 Å². The zero-order chi connectivity index (χ0) is 13.4. The standard InChI is InChI=1S/C11H12F4O2/c1-10(2,16)9-7(12)4-6(11(13,14)15)5-8(9)17-3/h4-5,16H,1-3H3. The van der Waals surface area contributed by atoms with Gasteiger partial charge in [-0.1, -0.05) is 0 Å². The summed E-state index contributed by atoms with van der Waals surface area (Å²) in [5.74, 6) is -1.48. The van der Waals surface area contributed by atoms with E-state index in [9.17, 15) is 22.7 Å². The highest BCUT2D eigenvalue weighted by molar-refractivity contribution is 5.42. The largest absolute Gasteiger partial charge is 0.496 e. The minimum Gasteiger partial charge on any atom is -0.496 e. The third kappa shape index (κ3) is 2.88. The van der Waals surface area contributed by atoms with Crippen LogP contribution < -0.4 is 4.74 Å². The lowest BCUT2D eigenvalue weighted by molar-refractivity contribution is -0.138. The summed E-state index contributed by atoms with van der Waals surface area (Å²) in [7, 11) is 1.12. The van der Waals surface area contributed by atoms with Crippen molar-refractivity contribution in [3.8, 4) is 5.75 Å². The lowest BCUT2D eigenvalue weighted by atomic mass is 9.95. The van der Waals surface area contributed by atoms with Crippen molar-refractivity contribution < 1.29 is 27.4 Å². The molecule has 0 aliphatic rings. The lowest BCUT2D eigenvalue weighted by Gasteiger charge is -2.22. The Morgan fingerprint density at radius 3 is 2.06 bits per heavy atom. The Morgan fingerprint density at radius 1 is 1.18 bits per heavy atom. The summed E-state index contributed by atoms with van der Waals surface area (Å²) >= 11 is 0. The zero-order valence-electron chi connectivity index (χ0n) is 9.52. The van der Waals surface area contributed by atoms with Gasteiger partial charge in [-0.3, -0.25) is 0 Å². The normalized spacial score (nSPS) is 12.7. The van der Waals surface area contributed by atoms with Crippen molar-refractivity contribution in [3.05, 3.63) is 29.1 Å². The maximum absolute atomic E-state index is 13.6. The molecule has 1 aromatic carbocycles. The Bertz CT molecular complexity index is 419. The van der Waals surface area contributed by atoms with E-state index in [4.69, 9.17) is 0 Å². The Balaban J connectivity index is 3.47. The quantitative estimate of drug-likeness (QED) is 0.819. The average Bonchev–Trinajstić information content (AvgIpc) is 2.12. The minimum atomic E-state index is -4.66. The molecule has 6 heteroatoms. The Kier molecular flexibility index (Phi) is 3.38. The van der Waals surface area contributed by atoms with Gasteiger partial charge in [-0.05, 0) is 26.0 Å². The molecule has 0 spiro atoms. The highest BCUT2D eigenvalue weighted by Gasteiger charge is 2.35. The van der Waals surface area contributed by atoms with Crippen LogP contribution >= 0.6 is 0 Å². The number of hydrogen-bond donors (Lipinski definition) is 1. The minimum absolute atomic E-state index is 0.298. The second kappa shape index (κ2) is 4.18. The zero-order valence-corrected chi connectivity index (χ0v) is 9.52. The van der Waals surface area contributed by atoms with E-state index in [1.807, 2.05) is 0 Å². The first-order chi connectivity index (χ1) is 7.57. The fourth-order valence-electron chi connectivity index (χ4n) is 1.50. The predicted octanol–water partition coefficient (Wildman–Crippen LogP) is 3.08. The van der Waals surface area contributed by atoms with Gasteiger partial charge >= 0.3 is 6.18 Å². The molecule has 96 valence electrons. The van der Waals surface area contributed by atoms with E-state index in [0.29, 0.717) is 12.1 Å². The van der Waals surface area contributed by atoms with Gasteiger partial charge in [-0.25, -0.2) is 4.39 Å². The van der Waals surface area contributed by atoms with Crippen molar-refractivity contribution >= 4 is 0 Å². The van der Waals surface area contributed by atoms with E-state index in [2.05, 4.69) is 4.74 Å². The van der Waals surface area contributed by atoms with Crippen molar-refractivity contribution in [2.45, 2.75) is 25.6 Å². The number of hydrogen-bond acceptors (Lipinski definition) is 2. The van der Waals surface area contributed by atoms with Crippen LogP contribution in [0.15, 0.2) is 12.1 Å². The predicted molar refractivity (Wildman–Crippen MR) is 53.2 cm³/mol. The molecule has 0 heterocycles. The van der Waals surface area contributed by atoms with Crippen molar-refractivity contribution in [2.24, 2.45) is 0 Å². The average molecular weight is 252 g/mol. The lowest BCUT2D eigenvalue weighted by Crippen LogP contribution is -2.20. The van der Waals surface area contributed by atoms with Crippen LogP contribution in [0.1, 0.15) is 25.0 Å². The molecule has 0 unspecified atom stereocenters. The fraction of sp³-hybridized carbons (Fsp3) is 0.455. The first-order valence-corrected chi connectivity index (χ1v) is 4.75. The van der Waals surface area contributed by atoms with Crippen molar-refractivity contribution in [1.82, 2.24) is 0 Å². The fourth-order valence-corrected chi connectivity index (χ4v) is 1.50. The Morgan fingerprint density at radius 2 is 1.71 bits per heavy atom. The van der Waals surface area contributed by atoms with Gasteiger partial charge in [0.25, 0.3) is 0 Å². The molecule has 0 saturated heterocycles. The van der Waals surface area contributed by atoms with Gasteiger partial charge < -0.3 is 9.84 Å². The smallest absolute Gasteiger partial charge is 0.416 e. The molecule has 1 rings (SSSR count). The van der Waals surface area contributed by atoms with Crippen molar-refractivity contribution in [3.63, 3.8) is 0 Å². The van der Waals surface area contributed by atoms with Crippen LogP contribution in [0.4, 0.5) is 17.6 Å². The monoisotopic (exact) mass is 252 g/mol. The van der Waals surface area contributed by atoms with Crippen LogP contribution in [0.3, 0.4) is 0 Å². The van der Waals surface area contributed by atoms with Gasteiger partial charge in [-0.15, -0.1) is 0 Å². The molecule has 0 saturated carbocycles. The highest BCUT2D eigenvalue weighted by Crippen LogP contribution is 2.38. The Hall–Kier alpha value is -1.30. The van der Waals surface area contributed by atoms with Gasteiger partial charge in [0.2, 0.25) is 0 Å². The second-order valence-electron chi connectivity index (χ2n) is 4.09. The number of halogens is 4. The van der Waals surface area contributed by atoms with Crippen LogP contribution in [0.2, 0.25) is 0 Å². The van der Waals surface area contributed by atoms with Gasteiger partial charge in [0.1, 0.15) is 11.6 Å². The second-order valence-corrected chi connectivity index (χ2v) is 4.09. The van der Waals surface area contributed by atoms with E-state index in [0.717, 1.165) is 7.11 Å². The summed E-state index contributed by atoms with van der Waals surface area (Å²) in [5, 5.41) is 9.67. The first-order valence-electron chi connectivity index (χ1n) is 4.75. The maximum Gasteiger partial charge on any atom is 0.416 e.